The largest absolute Gasteiger partial charge is 0.365 e. The van der Waals surface area contributed by atoms with Crippen molar-refractivity contribution in [1.29, 1.82) is 0 Å². The summed E-state index contributed by atoms with van der Waals surface area (Å²) in [4.78, 5) is 21.0. The minimum atomic E-state index is -3.84. The van der Waals surface area contributed by atoms with Gasteiger partial charge in [-0.05, 0) is 50.1 Å². The number of pyridine rings is 2. The maximum Gasteiger partial charge on any atom is 0.261 e. The fourth-order valence-corrected chi connectivity index (χ4v) is 5.82. The second-order valence-corrected chi connectivity index (χ2v) is 11.6. The Morgan fingerprint density at radius 3 is 2.52 bits per heavy atom. The highest BCUT2D eigenvalue weighted by Gasteiger charge is 2.25. The molecule has 5 rings (SSSR count). The zero-order chi connectivity index (χ0) is 28.4. The third-order valence-electron chi connectivity index (χ3n) is 6.93. The van der Waals surface area contributed by atoms with Crippen LogP contribution in [0.25, 0.3) is 10.9 Å². The van der Waals surface area contributed by atoms with Crippen molar-refractivity contribution in [3.63, 3.8) is 0 Å². The summed E-state index contributed by atoms with van der Waals surface area (Å²) in [7, 11) is -3.84. The summed E-state index contributed by atoms with van der Waals surface area (Å²) in [5, 5.41) is 6.71. The smallest absolute Gasteiger partial charge is 0.261 e. The molecule has 1 aliphatic carbocycles. The molecule has 1 amide bonds. The topological polar surface area (TPSA) is 165 Å². The molecule has 10 nitrogen and oxygen atoms in total. The number of nitrogens with one attached hydrogen (secondary N) is 3. The Kier molecular flexibility index (Phi) is 7.55. The van der Waals surface area contributed by atoms with Crippen molar-refractivity contribution in [2.24, 2.45) is 11.5 Å². The number of rotatable bonds is 8. The van der Waals surface area contributed by atoms with E-state index in [-0.39, 0.29) is 34.2 Å². The molecule has 1 aliphatic rings. The molecule has 2 heterocycles. The van der Waals surface area contributed by atoms with Crippen molar-refractivity contribution in [3.05, 3.63) is 77.7 Å². The number of aromatic nitrogens is 2. The van der Waals surface area contributed by atoms with Crippen LogP contribution >= 0.6 is 0 Å². The first-order valence-electron chi connectivity index (χ1n) is 12.9. The van der Waals surface area contributed by atoms with Crippen LogP contribution in [0.4, 0.5) is 27.4 Å². The number of halogens is 1. The van der Waals surface area contributed by atoms with Gasteiger partial charge in [-0.3, -0.25) is 14.5 Å². The van der Waals surface area contributed by atoms with E-state index in [1.165, 1.54) is 18.3 Å². The average Bonchev–Trinajstić information content (AvgIpc) is 2.91. The number of primary amides is 1. The van der Waals surface area contributed by atoms with Gasteiger partial charge >= 0.3 is 0 Å². The lowest BCUT2D eigenvalue weighted by Gasteiger charge is -2.30. The molecule has 2 unspecified atom stereocenters. The van der Waals surface area contributed by atoms with Crippen LogP contribution in [0.2, 0.25) is 0 Å². The minimum Gasteiger partial charge on any atom is -0.365 e. The Hall–Kier alpha value is -4.29. The van der Waals surface area contributed by atoms with E-state index in [2.05, 4.69) is 25.3 Å². The molecule has 2 aromatic heterocycles. The molecule has 12 heteroatoms. The van der Waals surface area contributed by atoms with Gasteiger partial charge in [0.05, 0.1) is 33.5 Å². The van der Waals surface area contributed by atoms with Gasteiger partial charge in [0.15, 0.2) is 11.6 Å². The average molecular weight is 564 g/mol. The van der Waals surface area contributed by atoms with Crippen molar-refractivity contribution in [2.45, 2.75) is 49.6 Å². The molecule has 0 saturated heterocycles. The van der Waals surface area contributed by atoms with Crippen molar-refractivity contribution in [1.82, 2.24) is 9.97 Å². The van der Waals surface area contributed by atoms with Gasteiger partial charge in [-0.25, -0.2) is 17.8 Å². The van der Waals surface area contributed by atoms with E-state index in [1.54, 1.807) is 36.4 Å². The van der Waals surface area contributed by atoms with Crippen LogP contribution < -0.4 is 26.8 Å². The number of fused-ring (bicyclic) bond motifs is 1. The van der Waals surface area contributed by atoms with Crippen LogP contribution in [0, 0.1) is 12.7 Å². The highest BCUT2D eigenvalue weighted by Crippen LogP contribution is 2.30. The molecule has 0 aliphatic heterocycles. The predicted molar refractivity (Wildman–Crippen MR) is 154 cm³/mol. The fraction of sp³-hybridized carbons (Fsp3) is 0.250. The van der Waals surface area contributed by atoms with E-state index >= 15 is 0 Å². The summed E-state index contributed by atoms with van der Waals surface area (Å²) in [6, 6.07) is 14.1. The molecule has 40 heavy (non-hydrogen) atoms. The highest BCUT2D eigenvalue weighted by atomic mass is 32.2. The number of benzene rings is 2. The zero-order valence-electron chi connectivity index (χ0n) is 21.8. The first kappa shape index (κ1) is 27.3. The first-order valence-corrected chi connectivity index (χ1v) is 14.4. The van der Waals surface area contributed by atoms with Crippen LogP contribution in [0.1, 0.15) is 41.6 Å². The number of anilines is 4. The minimum absolute atomic E-state index is 0.0311. The van der Waals surface area contributed by atoms with Crippen molar-refractivity contribution >= 4 is 49.8 Å². The molecular weight excluding hydrogens is 533 g/mol. The molecule has 0 bridgehead atoms. The lowest BCUT2D eigenvalue weighted by Crippen LogP contribution is -2.43. The number of nitrogens with two attached hydrogens (primary N) is 2. The Bertz CT molecular complexity index is 1680. The number of sulfonamides is 1. The third-order valence-corrected chi connectivity index (χ3v) is 8.31. The fourth-order valence-electron chi connectivity index (χ4n) is 4.76. The van der Waals surface area contributed by atoms with Gasteiger partial charge in [-0.15, -0.1) is 0 Å². The van der Waals surface area contributed by atoms with Crippen LogP contribution in [-0.4, -0.2) is 36.4 Å². The number of hydrogen-bond acceptors (Lipinski definition) is 8. The number of carbonyl (C=O) groups excluding carboxylic acids is 1. The summed E-state index contributed by atoms with van der Waals surface area (Å²) >= 11 is 0. The monoisotopic (exact) mass is 563 g/mol. The Labute approximate surface area is 231 Å². The molecule has 2 aromatic carbocycles. The molecule has 1 saturated carbocycles. The van der Waals surface area contributed by atoms with Gasteiger partial charge < -0.3 is 22.1 Å². The van der Waals surface area contributed by atoms with Crippen molar-refractivity contribution in [2.75, 3.05) is 15.4 Å². The predicted octanol–water partition coefficient (Wildman–Crippen LogP) is 4.40. The number of carbonyl (C=O) groups is 1. The zero-order valence-corrected chi connectivity index (χ0v) is 22.6. The molecule has 0 radical (unpaired) electrons. The molecule has 7 N–H and O–H groups in total. The summed E-state index contributed by atoms with van der Waals surface area (Å²) < 4.78 is 43.4. The summed E-state index contributed by atoms with van der Waals surface area (Å²) in [6.45, 7) is 1.88. The molecular formula is C28H30FN7O3S. The van der Waals surface area contributed by atoms with Crippen LogP contribution in [-0.2, 0) is 10.0 Å². The van der Waals surface area contributed by atoms with Crippen LogP contribution in [0.15, 0.2) is 65.7 Å². The van der Waals surface area contributed by atoms with E-state index in [4.69, 9.17) is 11.5 Å². The Balaban J connectivity index is 1.44. The van der Waals surface area contributed by atoms with Gasteiger partial charge in [0.2, 0.25) is 0 Å². The van der Waals surface area contributed by atoms with Gasteiger partial charge in [0, 0.05) is 17.5 Å². The maximum absolute atomic E-state index is 14.9. The maximum atomic E-state index is 14.9. The SMILES string of the molecule is Cc1ccc(S(=O)(=O)Nc2cccc3cc(Nc4nc(NC5CCCCC5N)c(F)cc4C(N)=O)cnc23)cc1. The molecule has 208 valence electrons. The first-order chi connectivity index (χ1) is 19.1. The second kappa shape index (κ2) is 11.1. The number of nitrogens with zero attached hydrogens (tertiary/aromatic N) is 2. The molecule has 0 spiro atoms. The van der Waals surface area contributed by atoms with E-state index < -0.39 is 21.7 Å². The molecule has 4 aromatic rings. The lowest BCUT2D eigenvalue weighted by molar-refractivity contribution is 0.100. The normalized spacial score (nSPS) is 17.4. The highest BCUT2D eigenvalue weighted by molar-refractivity contribution is 7.92. The van der Waals surface area contributed by atoms with Crippen molar-refractivity contribution < 1.29 is 17.6 Å². The summed E-state index contributed by atoms with van der Waals surface area (Å²) in [6.07, 6.45) is 5.07. The van der Waals surface area contributed by atoms with E-state index in [9.17, 15) is 17.6 Å². The van der Waals surface area contributed by atoms with Crippen LogP contribution in [0.5, 0.6) is 0 Å². The van der Waals surface area contributed by atoms with E-state index in [1.807, 2.05) is 6.92 Å². The Morgan fingerprint density at radius 2 is 1.80 bits per heavy atom. The number of para-hydroxylation sites is 1. The summed E-state index contributed by atoms with van der Waals surface area (Å²) in [5.74, 6) is -1.54. The van der Waals surface area contributed by atoms with E-state index in [0.717, 1.165) is 37.3 Å². The third kappa shape index (κ3) is 5.82. The van der Waals surface area contributed by atoms with Gasteiger partial charge in [0.25, 0.3) is 15.9 Å². The Morgan fingerprint density at radius 1 is 1.05 bits per heavy atom. The molecule has 1 fully saturated rings. The van der Waals surface area contributed by atoms with Crippen molar-refractivity contribution in [3.8, 4) is 0 Å². The van der Waals surface area contributed by atoms with Gasteiger partial charge in [-0.2, -0.15) is 0 Å². The number of hydrogen-bond donors (Lipinski definition) is 5. The van der Waals surface area contributed by atoms with E-state index in [0.29, 0.717) is 22.3 Å². The number of amides is 1. The van der Waals surface area contributed by atoms with Gasteiger partial charge in [0.1, 0.15) is 5.82 Å². The standard InChI is InChI=1S/C28H30FN7O3S/c1-16-9-11-19(12-10-16)40(38,39)36-24-8-4-5-17-13-18(15-32-25(17)24)33-27-20(26(31)37)14-21(29)28(35-27)34-23-7-3-2-6-22(23)30/h4-5,8-15,22-23,36H,2-3,6-7,30H2,1H3,(H2,31,37)(H2,33,34,35). The van der Waals surface area contributed by atoms with Crippen LogP contribution in [0.3, 0.4) is 0 Å². The summed E-state index contributed by atoms with van der Waals surface area (Å²) in [5.41, 5.74) is 13.7. The number of aryl methyl sites for hydroxylation is 1. The second-order valence-electron chi connectivity index (χ2n) is 9.92. The lowest BCUT2D eigenvalue weighted by atomic mass is 9.91. The van der Waals surface area contributed by atoms with Gasteiger partial charge in [-0.1, -0.05) is 42.7 Å². The quantitative estimate of drug-likeness (QED) is 0.210. The molecule has 2 atom stereocenters.